The van der Waals surface area contributed by atoms with Crippen LogP contribution in [0, 0.1) is 13.8 Å². The molecule has 1 aromatic heterocycles. The van der Waals surface area contributed by atoms with Crippen molar-refractivity contribution in [1.29, 1.82) is 0 Å². The molecule has 0 radical (unpaired) electrons. The highest BCUT2D eigenvalue weighted by molar-refractivity contribution is 9.10. The summed E-state index contributed by atoms with van der Waals surface area (Å²) in [6.45, 7) is 12.0. The summed E-state index contributed by atoms with van der Waals surface area (Å²) in [6, 6.07) is 13.5. The van der Waals surface area contributed by atoms with E-state index in [0.29, 0.717) is 37.7 Å². The molecule has 1 atom stereocenters. The standard InChI is InChI=1S/C40H44BrF2N5O7/c1-22-16-25-17-23(2)31(22)40(42,43)21-53-35(50)46-28-11-13-30(41)26(19-28)20-47(9)34(49)32(25)45-27-10-12-29-24(18-27)14-15-44-33(29)48(36(51)54-38(3,4)5)37(52)55-39(6,7)8/h10-19,32,45H,20-21H2,1-9H3,(H,46,50). The zero-order valence-corrected chi connectivity index (χ0v) is 33.7. The van der Waals surface area contributed by atoms with E-state index in [1.807, 2.05) is 0 Å². The third-order valence-electron chi connectivity index (χ3n) is 8.38. The minimum absolute atomic E-state index is 0.0242. The number of ether oxygens (including phenoxy) is 3. The fourth-order valence-electron chi connectivity index (χ4n) is 6.20. The predicted octanol–water partition coefficient (Wildman–Crippen LogP) is 9.76. The third kappa shape index (κ3) is 9.68. The molecular formula is C40H44BrF2N5O7. The number of nitrogens with one attached hydrogen (secondary N) is 2. The van der Waals surface area contributed by atoms with Crippen LogP contribution >= 0.6 is 15.9 Å². The van der Waals surface area contributed by atoms with E-state index in [2.05, 4.69) is 31.5 Å². The lowest BCUT2D eigenvalue weighted by molar-refractivity contribution is -0.131. The number of nitrogens with zero attached hydrogens (tertiary/aromatic N) is 3. The number of amides is 4. The van der Waals surface area contributed by atoms with Gasteiger partial charge < -0.3 is 24.4 Å². The third-order valence-corrected chi connectivity index (χ3v) is 9.15. The Labute approximate surface area is 326 Å². The highest BCUT2D eigenvalue weighted by atomic mass is 79.9. The van der Waals surface area contributed by atoms with Crippen molar-refractivity contribution < 1.29 is 42.2 Å². The number of pyridine rings is 1. The van der Waals surface area contributed by atoms with E-state index in [1.165, 1.54) is 37.1 Å². The van der Waals surface area contributed by atoms with Crippen molar-refractivity contribution in [3.05, 3.63) is 93.1 Å². The van der Waals surface area contributed by atoms with Gasteiger partial charge in [0.25, 0.3) is 0 Å². The average molecular weight is 825 g/mol. The summed E-state index contributed by atoms with van der Waals surface area (Å²) in [5.74, 6) is -3.94. The summed E-state index contributed by atoms with van der Waals surface area (Å²) in [4.78, 5) is 60.4. The fraction of sp³-hybridized carbons (Fsp3) is 0.375. The van der Waals surface area contributed by atoms with Gasteiger partial charge in [0.05, 0.1) is 0 Å². The van der Waals surface area contributed by atoms with Crippen molar-refractivity contribution >= 4 is 68.1 Å². The Morgan fingerprint density at radius 1 is 0.964 bits per heavy atom. The number of carbonyl (C=O) groups is 4. The molecule has 292 valence electrons. The number of anilines is 3. The maximum absolute atomic E-state index is 15.6. The second kappa shape index (κ2) is 15.4. The lowest BCUT2D eigenvalue weighted by Crippen LogP contribution is -2.44. The van der Waals surface area contributed by atoms with Gasteiger partial charge in [0.1, 0.15) is 17.2 Å². The van der Waals surface area contributed by atoms with Crippen LogP contribution in [0.2, 0.25) is 0 Å². The summed E-state index contributed by atoms with van der Waals surface area (Å²) >= 11 is 3.50. The predicted molar refractivity (Wildman–Crippen MR) is 208 cm³/mol. The molecule has 15 heteroatoms. The van der Waals surface area contributed by atoms with Crippen molar-refractivity contribution in [2.45, 2.75) is 85.1 Å². The first kappa shape index (κ1) is 40.9. The van der Waals surface area contributed by atoms with Crippen LogP contribution in [-0.2, 0) is 31.5 Å². The van der Waals surface area contributed by atoms with E-state index in [9.17, 15) is 19.2 Å². The molecule has 55 heavy (non-hydrogen) atoms. The Hall–Kier alpha value is -5.31. The minimum Gasteiger partial charge on any atom is -0.443 e. The molecule has 0 fully saturated rings. The number of likely N-dealkylation sites (N-methyl/N-ethyl adjacent to an activating group) is 1. The number of hydrogen-bond acceptors (Lipinski definition) is 9. The molecule has 2 aliphatic rings. The maximum atomic E-state index is 15.6. The fourth-order valence-corrected chi connectivity index (χ4v) is 6.57. The normalized spacial score (nSPS) is 16.3. The number of benzene rings is 3. The summed E-state index contributed by atoms with van der Waals surface area (Å²) in [5, 5.41) is 6.74. The van der Waals surface area contributed by atoms with E-state index < -0.39 is 48.1 Å². The molecular weight excluding hydrogens is 780 g/mol. The Morgan fingerprint density at radius 3 is 2.18 bits per heavy atom. The number of halogens is 3. The summed E-state index contributed by atoms with van der Waals surface area (Å²) in [6.07, 6.45) is -1.57. The number of alkyl halides is 2. The first-order chi connectivity index (χ1) is 25.5. The van der Waals surface area contributed by atoms with Gasteiger partial charge in [-0.2, -0.15) is 13.7 Å². The monoisotopic (exact) mass is 823 g/mol. The number of aryl methyl sites for hydroxylation is 2. The lowest BCUT2D eigenvalue weighted by atomic mass is 9.91. The Balaban J connectivity index is 1.60. The van der Waals surface area contributed by atoms with Crippen LogP contribution in [0.5, 0.6) is 0 Å². The minimum atomic E-state index is -3.54. The molecule has 0 saturated carbocycles. The summed E-state index contributed by atoms with van der Waals surface area (Å²) in [5.41, 5.74) is 0.0384. The molecule has 0 spiro atoms. The number of carbonyl (C=O) groups excluding carboxylic acids is 4. The van der Waals surface area contributed by atoms with Crippen LogP contribution in [0.25, 0.3) is 10.8 Å². The van der Waals surface area contributed by atoms with Gasteiger partial charge >= 0.3 is 24.2 Å². The van der Waals surface area contributed by atoms with Crippen LogP contribution in [-0.4, -0.2) is 58.9 Å². The summed E-state index contributed by atoms with van der Waals surface area (Å²) in [7, 11) is 1.61. The quantitative estimate of drug-likeness (QED) is 0.193. The van der Waals surface area contributed by atoms with Crippen LogP contribution in [0.4, 0.5) is 40.4 Å². The van der Waals surface area contributed by atoms with Gasteiger partial charge in [-0.25, -0.2) is 19.4 Å². The van der Waals surface area contributed by atoms with E-state index in [0.717, 1.165) is 4.90 Å². The van der Waals surface area contributed by atoms with Crippen molar-refractivity contribution in [3.63, 3.8) is 0 Å². The van der Waals surface area contributed by atoms with Crippen LogP contribution in [0.15, 0.2) is 65.3 Å². The van der Waals surface area contributed by atoms with Gasteiger partial charge in [-0.15, -0.1) is 0 Å². The molecule has 3 heterocycles. The van der Waals surface area contributed by atoms with E-state index in [4.69, 9.17) is 14.2 Å². The molecule has 4 amide bonds. The molecule has 4 bridgehead atoms. The number of hydrogen-bond donors (Lipinski definition) is 2. The van der Waals surface area contributed by atoms with Crippen molar-refractivity contribution in [2.24, 2.45) is 0 Å². The molecule has 0 saturated heterocycles. The molecule has 2 aliphatic heterocycles. The molecule has 3 aromatic carbocycles. The molecule has 6 rings (SSSR count). The second-order valence-corrected chi connectivity index (χ2v) is 16.2. The smallest absolute Gasteiger partial charge is 0.425 e. The molecule has 4 aromatic rings. The molecule has 2 N–H and O–H groups in total. The van der Waals surface area contributed by atoms with Crippen LogP contribution < -0.4 is 15.5 Å². The maximum Gasteiger partial charge on any atom is 0.425 e. The zero-order chi connectivity index (χ0) is 40.6. The second-order valence-electron chi connectivity index (χ2n) is 15.4. The zero-order valence-electron chi connectivity index (χ0n) is 32.1. The highest BCUT2D eigenvalue weighted by Gasteiger charge is 2.38. The van der Waals surface area contributed by atoms with Crippen molar-refractivity contribution in [2.75, 3.05) is 29.2 Å². The highest BCUT2D eigenvalue weighted by Crippen LogP contribution is 2.37. The van der Waals surface area contributed by atoms with Gasteiger partial charge in [-0.3, -0.25) is 10.1 Å². The van der Waals surface area contributed by atoms with E-state index in [-0.39, 0.29) is 35.0 Å². The van der Waals surface area contributed by atoms with Crippen LogP contribution in [0.1, 0.15) is 75.4 Å². The van der Waals surface area contributed by atoms with Gasteiger partial charge in [-0.1, -0.05) is 28.1 Å². The number of imide groups is 1. The number of rotatable bonds is 3. The topological polar surface area (TPSA) is 139 Å². The summed E-state index contributed by atoms with van der Waals surface area (Å²) < 4.78 is 48.0. The first-order valence-corrected chi connectivity index (χ1v) is 18.2. The molecule has 12 nitrogen and oxygen atoms in total. The van der Waals surface area contributed by atoms with Gasteiger partial charge in [0, 0.05) is 46.6 Å². The molecule has 0 aliphatic carbocycles. The van der Waals surface area contributed by atoms with Crippen LogP contribution in [0.3, 0.4) is 0 Å². The van der Waals surface area contributed by atoms with E-state index >= 15 is 8.78 Å². The first-order valence-electron chi connectivity index (χ1n) is 17.4. The van der Waals surface area contributed by atoms with Crippen molar-refractivity contribution in [3.8, 4) is 0 Å². The number of aromatic nitrogens is 1. The largest absolute Gasteiger partial charge is 0.443 e. The number of fused-ring (bicyclic) bond motifs is 10. The Bertz CT molecular complexity index is 2120. The van der Waals surface area contributed by atoms with Gasteiger partial charge in [0.2, 0.25) is 5.91 Å². The average Bonchev–Trinajstić information content (AvgIpc) is 3.05. The van der Waals surface area contributed by atoms with Gasteiger partial charge in [-0.05, 0) is 125 Å². The molecule has 1 unspecified atom stereocenters. The van der Waals surface area contributed by atoms with E-state index in [1.54, 1.807) is 91.1 Å². The SMILES string of the molecule is Cc1cc2cc(C)c1C(F)(F)COC(=O)Nc1ccc(Br)c(c1)CN(C)C(=O)C2Nc1ccc2c(N(C(=O)OC(C)(C)C)C(=O)OC(C)(C)C)nccc2c1. The lowest BCUT2D eigenvalue weighted by Gasteiger charge is -2.29. The Morgan fingerprint density at radius 2 is 1.58 bits per heavy atom. The van der Waals surface area contributed by atoms with Crippen molar-refractivity contribution in [1.82, 2.24) is 9.88 Å². The van der Waals surface area contributed by atoms with Gasteiger partial charge in [0.15, 0.2) is 12.4 Å². The Kier molecular flexibility index (Phi) is 11.5.